The zero-order valence-electron chi connectivity index (χ0n) is 9.33. The number of carboxylic acid groups (broad SMARTS) is 1. The highest BCUT2D eigenvalue weighted by Crippen LogP contribution is 2.24. The van der Waals surface area contributed by atoms with Crippen LogP contribution < -0.4 is 4.74 Å². The quantitative estimate of drug-likeness (QED) is 0.879. The van der Waals surface area contributed by atoms with Crippen LogP contribution in [0.15, 0.2) is 36.7 Å². The lowest BCUT2D eigenvalue weighted by Gasteiger charge is -2.05. The Morgan fingerprint density at radius 3 is 2.88 bits per heavy atom. The van der Waals surface area contributed by atoms with Crippen LogP contribution in [0.3, 0.4) is 0 Å². The Balaban J connectivity index is 2.26. The van der Waals surface area contributed by atoms with E-state index in [0.717, 1.165) is 6.54 Å². The first-order valence-corrected chi connectivity index (χ1v) is 5.23. The molecule has 0 aliphatic carbocycles. The minimum absolute atomic E-state index is 0.136. The van der Waals surface area contributed by atoms with Gasteiger partial charge in [-0.1, -0.05) is 12.1 Å². The maximum absolute atomic E-state index is 11.0. The Morgan fingerprint density at radius 2 is 2.24 bits per heavy atom. The molecule has 1 aromatic carbocycles. The molecule has 0 saturated carbocycles. The fourth-order valence-corrected chi connectivity index (χ4v) is 1.43. The smallest absolute Gasteiger partial charge is 0.339 e. The summed E-state index contributed by atoms with van der Waals surface area (Å²) < 4.78 is 7.20. The molecular formula is C12H12N2O3. The van der Waals surface area contributed by atoms with Gasteiger partial charge in [0.15, 0.2) is 5.75 Å². The third kappa shape index (κ3) is 2.44. The summed E-state index contributed by atoms with van der Waals surface area (Å²) in [7, 11) is 0. The van der Waals surface area contributed by atoms with E-state index >= 15 is 0 Å². The van der Waals surface area contributed by atoms with Gasteiger partial charge >= 0.3 is 5.97 Å². The van der Waals surface area contributed by atoms with Gasteiger partial charge in [0.25, 0.3) is 0 Å². The van der Waals surface area contributed by atoms with E-state index in [1.807, 2.05) is 6.92 Å². The SMILES string of the molecule is CCn1cc(Oc2ccccc2C(=O)O)cn1. The lowest BCUT2D eigenvalue weighted by atomic mass is 10.2. The topological polar surface area (TPSA) is 64.3 Å². The number of ether oxygens (including phenoxy) is 1. The molecule has 0 unspecified atom stereocenters. The van der Waals surface area contributed by atoms with Crippen molar-refractivity contribution in [3.8, 4) is 11.5 Å². The Kier molecular flexibility index (Phi) is 3.09. The van der Waals surface area contributed by atoms with Crippen molar-refractivity contribution in [3.63, 3.8) is 0 Å². The van der Waals surface area contributed by atoms with Crippen LogP contribution in [0, 0.1) is 0 Å². The maximum atomic E-state index is 11.0. The minimum Gasteiger partial charge on any atom is -0.478 e. The normalized spacial score (nSPS) is 10.2. The van der Waals surface area contributed by atoms with Crippen LogP contribution in [0.4, 0.5) is 0 Å². The highest BCUT2D eigenvalue weighted by Gasteiger charge is 2.11. The van der Waals surface area contributed by atoms with Crippen molar-refractivity contribution in [2.75, 3.05) is 0 Å². The van der Waals surface area contributed by atoms with Gasteiger partial charge < -0.3 is 9.84 Å². The summed E-state index contributed by atoms with van der Waals surface area (Å²) >= 11 is 0. The first-order chi connectivity index (χ1) is 8.20. The molecule has 5 heteroatoms. The predicted octanol–water partition coefficient (Wildman–Crippen LogP) is 2.39. The van der Waals surface area contributed by atoms with Gasteiger partial charge in [0.2, 0.25) is 0 Å². The van der Waals surface area contributed by atoms with Crippen molar-refractivity contribution in [1.29, 1.82) is 0 Å². The number of carboxylic acids is 1. The molecule has 0 saturated heterocycles. The number of aromatic carboxylic acids is 1. The number of aromatic nitrogens is 2. The molecule has 0 aliphatic heterocycles. The van der Waals surface area contributed by atoms with Gasteiger partial charge in [-0.3, -0.25) is 4.68 Å². The van der Waals surface area contributed by atoms with Crippen molar-refractivity contribution in [1.82, 2.24) is 9.78 Å². The minimum atomic E-state index is -1.01. The molecule has 1 heterocycles. The fourth-order valence-electron chi connectivity index (χ4n) is 1.43. The number of nitrogens with zero attached hydrogens (tertiary/aromatic N) is 2. The Hall–Kier alpha value is -2.30. The molecule has 0 radical (unpaired) electrons. The molecule has 1 aromatic heterocycles. The summed E-state index contributed by atoms with van der Waals surface area (Å²) in [5.74, 6) is -0.167. The number of aryl methyl sites for hydroxylation is 1. The third-order valence-corrected chi connectivity index (χ3v) is 2.28. The molecule has 5 nitrogen and oxygen atoms in total. The summed E-state index contributed by atoms with van der Waals surface area (Å²) in [6, 6.07) is 6.51. The molecule has 0 bridgehead atoms. The van der Waals surface area contributed by atoms with E-state index in [1.54, 1.807) is 35.3 Å². The number of carbonyl (C=O) groups is 1. The average molecular weight is 232 g/mol. The van der Waals surface area contributed by atoms with Gasteiger partial charge in [-0.15, -0.1) is 0 Å². The molecule has 2 aromatic rings. The van der Waals surface area contributed by atoms with Gasteiger partial charge in [0.05, 0.1) is 12.4 Å². The molecule has 0 amide bonds. The fraction of sp³-hybridized carbons (Fsp3) is 0.167. The van der Waals surface area contributed by atoms with Crippen LogP contribution in [-0.4, -0.2) is 20.9 Å². The first kappa shape index (κ1) is 11.2. The van der Waals surface area contributed by atoms with Crippen LogP contribution >= 0.6 is 0 Å². The Morgan fingerprint density at radius 1 is 1.47 bits per heavy atom. The number of hydrogen-bond donors (Lipinski definition) is 1. The molecule has 88 valence electrons. The van der Waals surface area contributed by atoms with E-state index in [9.17, 15) is 4.79 Å². The summed E-state index contributed by atoms with van der Waals surface area (Å²) in [4.78, 5) is 11.0. The zero-order chi connectivity index (χ0) is 12.3. The lowest BCUT2D eigenvalue weighted by Crippen LogP contribution is -1.99. The monoisotopic (exact) mass is 232 g/mol. The van der Waals surface area contributed by atoms with E-state index in [-0.39, 0.29) is 5.56 Å². The van der Waals surface area contributed by atoms with Gasteiger partial charge in [0.1, 0.15) is 11.3 Å². The number of rotatable bonds is 4. The van der Waals surface area contributed by atoms with Crippen LogP contribution in [0.1, 0.15) is 17.3 Å². The zero-order valence-corrected chi connectivity index (χ0v) is 9.33. The van der Waals surface area contributed by atoms with Crippen LogP contribution in [0.25, 0.3) is 0 Å². The summed E-state index contributed by atoms with van der Waals surface area (Å²) in [6.07, 6.45) is 3.28. The van der Waals surface area contributed by atoms with Crippen LogP contribution in [0.5, 0.6) is 11.5 Å². The van der Waals surface area contributed by atoms with Crippen molar-refractivity contribution >= 4 is 5.97 Å². The second-order valence-corrected chi connectivity index (χ2v) is 3.44. The second kappa shape index (κ2) is 4.69. The molecule has 1 N–H and O–H groups in total. The maximum Gasteiger partial charge on any atom is 0.339 e. The van der Waals surface area contributed by atoms with E-state index in [2.05, 4.69) is 5.10 Å². The molecule has 2 rings (SSSR count). The highest BCUT2D eigenvalue weighted by atomic mass is 16.5. The Bertz CT molecular complexity index is 534. The van der Waals surface area contributed by atoms with E-state index < -0.39 is 5.97 Å². The Labute approximate surface area is 98.3 Å². The summed E-state index contributed by atoms with van der Waals surface area (Å²) in [5.41, 5.74) is 0.136. The van der Waals surface area contributed by atoms with E-state index in [4.69, 9.17) is 9.84 Å². The molecule has 0 spiro atoms. The van der Waals surface area contributed by atoms with Crippen molar-refractivity contribution in [2.45, 2.75) is 13.5 Å². The first-order valence-electron chi connectivity index (χ1n) is 5.23. The average Bonchev–Trinajstić information content (AvgIpc) is 2.77. The standard InChI is InChI=1S/C12H12N2O3/c1-2-14-8-9(7-13-14)17-11-6-4-3-5-10(11)12(15)16/h3-8H,2H2,1H3,(H,15,16). The number of benzene rings is 1. The molecular weight excluding hydrogens is 220 g/mol. The van der Waals surface area contributed by atoms with E-state index in [0.29, 0.717) is 11.5 Å². The van der Waals surface area contributed by atoms with Crippen LogP contribution in [-0.2, 0) is 6.54 Å². The van der Waals surface area contributed by atoms with Crippen molar-refractivity contribution in [3.05, 3.63) is 42.2 Å². The number of hydrogen-bond acceptors (Lipinski definition) is 3. The molecule has 0 aliphatic rings. The van der Waals surface area contributed by atoms with Gasteiger partial charge in [0, 0.05) is 6.54 Å². The van der Waals surface area contributed by atoms with E-state index in [1.165, 1.54) is 6.07 Å². The predicted molar refractivity (Wildman–Crippen MR) is 61.4 cm³/mol. The van der Waals surface area contributed by atoms with Crippen LogP contribution in [0.2, 0.25) is 0 Å². The molecule has 0 atom stereocenters. The second-order valence-electron chi connectivity index (χ2n) is 3.44. The van der Waals surface area contributed by atoms with Crippen molar-refractivity contribution < 1.29 is 14.6 Å². The highest BCUT2D eigenvalue weighted by molar-refractivity contribution is 5.90. The largest absolute Gasteiger partial charge is 0.478 e. The van der Waals surface area contributed by atoms with Gasteiger partial charge in [-0.2, -0.15) is 5.10 Å². The summed E-state index contributed by atoms with van der Waals surface area (Å²) in [6.45, 7) is 2.70. The molecule has 17 heavy (non-hydrogen) atoms. The third-order valence-electron chi connectivity index (χ3n) is 2.28. The van der Waals surface area contributed by atoms with Gasteiger partial charge in [-0.25, -0.2) is 4.79 Å². The van der Waals surface area contributed by atoms with Crippen molar-refractivity contribution in [2.24, 2.45) is 0 Å². The van der Waals surface area contributed by atoms with Gasteiger partial charge in [-0.05, 0) is 19.1 Å². The number of para-hydroxylation sites is 1. The molecule has 0 fully saturated rings. The summed E-state index contributed by atoms with van der Waals surface area (Å²) in [5, 5.41) is 13.0. The lowest BCUT2D eigenvalue weighted by molar-refractivity contribution is 0.0694.